The molecule has 2 rings (SSSR count). The second-order valence-electron chi connectivity index (χ2n) is 4.02. The molecule has 0 unspecified atom stereocenters. The lowest BCUT2D eigenvalue weighted by molar-refractivity contribution is 0.468. The second kappa shape index (κ2) is 6.69. The highest BCUT2D eigenvalue weighted by atomic mass is 79.9. The van der Waals surface area contributed by atoms with E-state index in [-0.39, 0.29) is 5.75 Å². The van der Waals surface area contributed by atoms with E-state index in [4.69, 9.17) is 0 Å². The topological polar surface area (TPSA) is 49.9 Å². The number of rotatable bonds is 3. The number of benzene rings is 1. The zero-order chi connectivity index (χ0) is 14.7. The van der Waals surface area contributed by atoms with Crippen molar-refractivity contribution in [2.75, 3.05) is 6.54 Å². The Bertz CT molecular complexity index is 696. The van der Waals surface area contributed by atoms with Crippen LogP contribution in [0.1, 0.15) is 18.2 Å². The van der Waals surface area contributed by atoms with Crippen LogP contribution in [-0.2, 0) is 0 Å². The molecule has 0 radical (unpaired) electrons. The lowest BCUT2D eigenvalue weighted by Crippen LogP contribution is -2.12. The highest BCUT2D eigenvalue weighted by Gasteiger charge is 2.05. The van der Waals surface area contributed by atoms with Crippen LogP contribution in [0.3, 0.4) is 0 Å². The van der Waals surface area contributed by atoms with E-state index in [0.29, 0.717) is 8.95 Å². The van der Waals surface area contributed by atoms with E-state index < -0.39 is 0 Å². The van der Waals surface area contributed by atoms with Crippen LogP contribution in [0.5, 0.6) is 5.75 Å². The molecule has 0 amide bonds. The zero-order valence-electron chi connectivity index (χ0n) is 11.0. The Balaban J connectivity index is 2.40. The van der Waals surface area contributed by atoms with Crippen LogP contribution in [0.25, 0.3) is 0 Å². The minimum absolute atomic E-state index is 0.184. The molecule has 0 fully saturated rings. The van der Waals surface area contributed by atoms with Crippen LogP contribution in [0.4, 0.5) is 0 Å². The summed E-state index contributed by atoms with van der Waals surface area (Å²) < 4.78 is 3.06. The maximum Gasteiger partial charge on any atom is 0.205 e. The first kappa shape index (κ1) is 15.5. The Morgan fingerprint density at radius 2 is 2.00 bits per heavy atom. The average Bonchev–Trinajstić information content (AvgIpc) is 2.75. The molecule has 0 aliphatic rings. The number of thiazole rings is 1. The highest BCUT2D eigenvalue weighted by Crippen LogP contribution is 2.32. The molecule has 1 aromatic carbocycles. The summed E-state index contributed by atoms with van der Waals surface area (Å²) in [4.78, 5) is 5.27. The number of aryl methyl sites for hydroxylation is 1. The minimum atomic E-state index is 0.184. The maximum absolute atomic E-state index is 9.68. The minimum Gasteiger partial charge on any atom is -0.506 e. The van der Waals surface area contributed by atoms with E-state index in [2.05, 4.69) is 42.0 Å². The third-order valence-electron chi connectivity index (χ3n) is 2.51. The predicted octanol–water partition coefficient (Wildman–Crippen LogP) is 3.89. The number of halogens is 2. The molecular formula is C13H13Br2N3OS. The molecule has 0 saturated carbocycles. The normalized spacial score (nSPS) is 12.5. The molecule has 0 spiro atoms. The molecule has 1 aromatic heterocycles. The molecule has 4 nitrogen and oxygen atoms in total. The number of phenolic OH excluding ortho intramolecular Hbond substituents is 1. The largest absolute Gasteiger partial charge is 0.506 e. The third-order valence-corrected chi connectivity index (χ3v) is 4.69. The smallest absolute Gasteiger partial charge is 0.205 e. The first-order chi connectivity index (χ1) is 9.52. The third kappa shape index (κ3) is 3.39. The number of aromatic nitrogens is 1. The van der Waals surface area contributed by atoms with Crippen LogP contribution in [0.15, 0.2) is 36.6 Å². The maximum atomic E-state index is 9.68. The van der Waals surface area contributed by atoms with Gasteiger partial charge in [0.25, 0.3) is 0 Å². The van der Waals surface area contributed by atoms with Crippen molar-refractivity contribution in [3.63, 3.8) is 0 Å². The summed E-state index contributed by atoms with van der Waals surface area (Å²) in [6.45, 7) is 4.72. The van der Waals surface area contributed by atoms with Crippen molar-refractivity contribution in [2.45, 2.75) is 13.8 Å². The summed E-state index contributed by atoms with van der Waals surface area (Å²) in [6.07, 6.45) is 1.74. The van der Waals surface area contributed by atoms with Crippen LogP contribution in [0, 0.1) is 6.92 Å². The Hall–Kier alpha value is -0.920. The fourth-order valence-corrected chi connectivity index (χ4v) is 3.65. The first-order valence-corrected chi connectivity index (χ1v) is 8.39. The average molecular weight is 419 g/mol. The van der Waals surface area contributed by atoms with E-state index in [9.17, 15) is 5.11 Å². The fraction of sp³-hybridized carbons (Fsp3) is 0.231. The number of hydrogen-bond acceptors (Lipinski definition) is 4. The van der Waals surface area contributed by atoms with Gasteiger partial charge >= 0.3 is 0 Å². The van der Waals surface area contributed by atoms with E-state index in [1.165, 1.54) is 0 Å². The molecule has 0 aliphatic heterocycles. The lowest BCUT2D eigenvalue weighted by atomic mass is 10.2. The molecule has 1 heterocycles. The van der Waals surface area contributed by atoms with Gasteiger partial charge in [-0.05, 0) is 63.4 Å². The number of hydrogen-bond donors (Lipinski definition) is 1. The second-order valence-corrected chi connectivity index (χ2v) is 6.57. The molecule has 7 heteroatoms. The summed E-state index contributed by atoms with van der Waals surface area (Å²) in [5.41, 5.74) is 1.91. The quantitative estimate of drug-likeness (QED) is 0.755. The first-order valence-electron chi connectivity index (χ1n) is 5.93. The monoisotopic (exact) mass is 417 g/mol. The number of phenols is 1. The molecule has 0 bridgehead atoms. The van der Waals surface area contributed by atoms with E-state index in [1.54, 1.807) is 17.6 Å². The van der Waals surface area contributed by atoms with Crippen molar-refractivity contribution in [3.05, 3.63) is 42.5 Å². The molecule has 20 heavy (non-hydrogen) atoms. The highest BCUT2D eigenvalue weighted by molar-refractivity contribution is 9.11. The van der Waals surface area contributed by atoms with Gasteiger partial charge in [0.2, 0.25) is 4.80 Å². The molecule has 1 N–H and O–H groups in total. The number of aromatic hydroxyl groups is 1. The van der Waals surface area contributed by atoms with Gasteiger partial charge in [0.1, 0.15) is 5.75 Å². The van der Waals surface area contributed by atoms with Gasteiger partial charge < -0.3 is 5.11 Å². The van der Waals surface area contributed by atoms with E-state index >= 15 is 0 Å². The van der Waals surface area contributed by atoms with Crippen LogP contribution in [0.2, 0.25) is 0 Å². The molecule has 0 atom stereocenters. The molecule has 106 valence electrons. The zero-order valence-corrected chi connectivity index (χ0v) is 15.0. The fourth-order valence-electron chi connectivity index (χ4n) is 1.55. The summed E-state index contributed by atoms with van der Waals surface area (Å²) in [6, 6.07) is 3.62. The SMILES string of the molecule is CCN=c1scc(C)n1/N=C/c1cc(Br)c(O)c(Br)c1. The predicted molar refractivity (Wildman–Crippen MR) is 89.6 cm³/mol. The van der Waals surface area contributed by atoms with Crippen molar-refractivity contribution in [1.82, 2.24) is 4.68 Å². The Morgan fingerprint density at radius 1 is 1.35 bits per heavy atom. The van der Waals surface area contributed by atoms with Crippen LogP contribution < -0.4 is 4.80 Å². The van der Waals surface area contributed by atoms with Gasteiger partial charge in [0, 0.05) is 11.9 Å². The Kier molecular flexibility index (Phi) is 5.17. The van der Waals surface area contributed by atoms with Gasteiger partial charge in [0.05, 0.1) is 20.9 Å². The van der Waals surface area contributed by atoms with Crippen LogP contribution >= 0.6 is 43.2 Å². The molecule has 0 aliphatic carbocycles. The lowest BCUT2D eigenvalue weighted by Gasteiger charge is -2.02. The van der Waals surface area contributed by atoms with Gasteiger partial charge in [-0.3, -0.25) is 4.99 Å². The summed E-state index contributed by atoms with van der Waals surface area (Å²) in [7, 11) is 0. The number of nitrogens with zero attached hydrogens (tertiary/aromatic N) is 3. The van der Waals surface area contributed by atoms with Crippen molar-refractivity contribution in [2.24, 2.45) is 10.1 Å². The summed E-state index contributed by atoms with van der Waals surface area (Å²) in [5.74, 6) is 0.184. The van der Waals surface area contributed by atoms with Gasteiger partial charge in [-0.2, -0.15) is 5.10 Å². The van der Waals surface area contributed by atoms with E-state index in [0.717, 1.165) is 22.6 Å². The van der Waals surface area contributed by atoms with Crippen molar-refractivity contribution >= 4 is 49.4 Å². The Morgan fingerprint density at radius 3 is 2.60 bits per heavy atom. The van der Waals surface area contributed by atoms with Crippen molar-refractivity contribution in [1.29, 1.82) is 0 Å². The molecule has 0 saturated heterocycles. The van der Waals surface area contributed by atoms with Crippen LogP contribution in [-0.4, -0.2) is 22.5 Å². The van der Waals surface area contributed by atoms with E-state index in [1.807, 2.05) is 36.0 Å². The van der Waals surface area contributed by atoms with Gasteiger partial charge in [-0.1, -0.05) is 0 Å². The molecular weight excluding hydrogens is 406 g/mol. The van der Waals surface area contributed by atoms with Crippen molar-refractivity contribution < 1.29 is 5.11 Å². The summed E-state index contributed by atoms with van der Waals surface area (Å²) >= 11 is 8.18. The van der Waals surface area contributed by atoms with Gasteiger partial charge in [-0.15, -0.1) is 11.3 Å². The molecule has 2 aromatic rings. The van der Waals surface area contributed by atoms with Gasteiger partial charge in [-0.25, -0.2) is 4.68 Å². The van der Waals surface area contributed by atoms with Crippen molar-refractivity contribution in [3.8, 4) is 5.75 Å². The standard InChI is InChI=1S/C13H13Br2N3OS/c1-3-16-13-18(8(2)7-20-13)17-6-9-4-10(14)12(19)11(15)5-9/h4-7,19H,3H2,1-2H3/b16-13?,17-6+. The Labute approximate surface area is 137 Å². The summed E-state index contributed by atoms with van der Waals surface area (Å²) in [5, 5.41) is 16.2. The van der Waals surface area contributed by atoms with Gasteiger partial charge in [0.15, 0.2) is 0 Å².